The summed E-state index contributed by atoms with van der Waals surface area (Å²) in [5.74, 6) is -9.76. The molecule has 3 heterocycles. The van der Waals surface area contributed by atoms with E-state index in [2.05, 4.69) is 30.8 Å². The average Bonchev–Trinajstić information content (AvgIpc) is 3.79. The second kappa shape index (κ2) is 23.5. The lowest BCUT2D eigenvalue weighted by molar-refractivity contribution is -0.147. The van der Waals surface area contributed by atoms with Crippen LogP contribution in [0.3, 0.4) is 0 Å². The normalized spacial score (nSPS) is 30.6. The third-order valence-corrected chi connectivity index (χ3v) is 12.1. The fourth-order valence-electron chi connectivity index (χ4n) is 7.99. The van der Waals surface area contributed by atoms with Gasteiger partial charge in [-0.3, -0.25) is 42.4 Å². The van der Waals surface area contributed by atoms with E-state index < -0.39 is 182 Å². The van der Waals surface area contributed by atoms with Gasteiger partial charge in [0.2, 0.25) is 35.4 Å². The van der Waals surface area contributed by atoms with E-state index in [1.165, 1.54) is 26.8 Å². The molecule has 0 spiro atoms. The zero-order chi connectivity index (χ0) is 49.4. The second-order valence-corrected chi connectivity index (χ2v) is 18.1. The summed E-state index contributed by atoms with van der Waals surface area (Å²) < 4.78 is 32.9. The van der Waals surface area contributed by atoms with Gasteiger partial charge in [-0.25, -0.2) is 0 Å². The van der Waals surface area contributed by atoms with Crippen LogP contribution in [0.25, 0.3) is 0 Å². The number of hydrogen-bond donors (Lipinski definition) is 17. The number of carbonyl (C=O) groups excluding carboxylic acids is 6. The molecule has 0 bridgehead atoms. The largest absolute Gasteiger partial charge is 0.504 e. The van der Waals surface area contributed by atoms with Crippen molar-refractivity contribution in [2.45, 2.75) is 119 Å². The molecule has 4 rings (SSSR count). The Hall–Kier alpha value is -4.49. The van der Waals surface area contributed by atoms with Crippen LogP contribution in [0, 0.1) is 11.8 Å². The third-order valence-electron chi connectivity index (χ3n) is 11.7. The van der Waals surface area contributed by atoms with Gasteiger partial charge in [-0.1, -0.05) is 19.9 Å². The summed E-state index contributed by atoms with van der Waals surface area (Å²) in [6.45, 7) is 1.51. The van der Waals surface area contributed by atoms with E-state index in [1.807, 2.05) is 0 Å². The number of fused-ring (bicyclic) bond motifs is 2. The molecule has 6 amide bonds. The minimum absolute atomic E-state index is 0.0266. The minimum Gasteiger partial charge on any atom is -0.504 e. The summed E-state index contributed by atoms with van der Waals surface area (Å²) in [7, 11) is 0. The lowest BCUT2D eigenvalue weighted by Gasteiger charge is -2.34. The van der Waals surface area contributed by atoms with E-state index in [0.717, 1.165) is 21.9 Å². The monoisotopic (exact) mass is 965 g/mol. The summed E-state index contributed by atoms with van der Waals surface area (Å²) in [6.07, 6.45) is -11.6. The Balaban J connectivity index is 1.83. The van der Waals surface area contributed by atoms with Gasteiger partial charge in [-0.05, 0) is 44.0 Å². The molecule has 26 nitrogen and oxygen atoms in total. The number of benzene rings is 1. The summed E-state index contributed by atoms with van der Waals surface area (Å²) in [5, 5.41) is 108. The predicted molar refractivity (Wildman–Crippen MR) is 228 cm³/mol. The molecule has 13 atom stereocenters. The molecule has 374 valence electrons. The zero-order valence-corrected chi connectivity index (χ0v) is 37.2. The van der Waals surface area contributed by atoms with Crippen LogP contribution in [0.2, 0.25) is 0 Å². The topological polar surface area (TPSA) is 421 Å². The average molecular weight is 966 g/mol. The number of nitrogens with one attached hydrogen (secondary N) is 5. The van der Waals surface area contributed by atoms with Gasteiger partial charge in [-0.2, -0.15) is 0 Å². The van der Waals surface area contributed by atoms with E-state index in [-0.39, 0.29) is 31.5 Å². The number of hydrogen-bond acceptors (Lipinski definition) is 20. The quantitative estimate of drug-likeness (QED) is 0.0875. The Morgan fingerprint density at radius 1 is 0.788 bits per heavy atom. The van der Waals surface area contributed by atoms with Crippen LogP contribution in [0.15, 0.2) is 18.2 Å². The van der Waals surface area contributed by atoms with Gasteiger partial charge >= 0.3 is 0 Å². The number of phenols is 1. The van der Waals surface area contributed by atoms with Crippen LogP contribution in [-0.2, 0) is 35.2 Å². The highest BCUT2D eigenvalue weighted by Crippen LogP contribution is 2.40. The van der Waals surface area contributed by atoms with Crippen molar-refractivity contribution < 1.29 is 92.6 Å². The van der Waals surface area contributed by atoms with Crippen molar-refractivity contribution in [1.29, 1.82) is 0 Å². The lowest BCUT2D eigenvalue weighted by atomic mass is 9.98. The predicted octanol–water partition coefficient (Wildman–Crippen LogP) is -5.97. The molecule has 3 saturated heterocycles. The number of β-amino-alcohol motifs (C(OH)–C–C–N with tert-alkyl or cyclic N) is 1. The lowest BCUT2D eigenvalue weighted by Crippen LogP contribution is -2.64. The smallest absolute Gasteiger partial charge is 0.266 e. The summed E-state index contributed by atoms with van der Waals surface area (Å²) in [6, 6.07) is -6.97. The Morgan fingerprint density at radius 2 is 1.41 bits per heavy atom. The molecule has 3 aliphatic rings. The van der Waals surface area contributed by atoms with E-state index >= 15 is 0 Å². The maximum Gasteiger partial charge on any atom is 0.266 e. The summed E-state index contributed by atoms with van der Waals surface area (Å²) in [4.78, 5) is 86.1. The minimum atomic E-state index is -4.69. The standard InChI is InChI=1S/C39H63N7O19S/c1-17-8-22(50)12-41-37(59)32-33(55)18(2)13-46(32)39(61)31(26(53)6-7-40-21(15-47)16-48)44-36(58)30(27(54)9-20-4-5-25(52)28(10-20)65-66(62,63)64)43-35(57)24-11-23(51)14-45(24)38(60)29(19(3)49)42-34(17)56/h4-5,10,17-19,21-24,26-27,29-33,40,47-55,62-64H,6-9,11-16H2,1-3H3,(H,41,59)(H,42,56)(H,43,57)(H,44,58)/t17?,18-,19+,22+,23+,24-,26+,27+,29-,30-,31-,32-,33-/m0/s1. The van der Waals surface area contributed by atoms with E-state index in [0.29, 0.717) is 0 Å². The van der Waals surface area contributed by atoms with E-state index in [1.54, 1.807) is 0 Å². The van der Waals surface area contributed by atoms with Crippen molar-refractivity contribution in [1.82, 2.24) is 36.4 Å². The Bertz CT molecular complexity index is 1870. The molecule has 1 unspecified atom stereocenters. The van der Waals surface area contributed by atoms with Gasteiger partial charge in [0.25, 0.3) is 11.2 Å². The first-order valence-corrected chi connectivity index (χ1v) is 22.6. The van der Waals surface area contributed by atoms with Crippen molar-refractivity contribution in [3.05, 3.63) is 23.8 Å². The Morgan fingerprint density at radius 3 is 2.03 bits per heavy atom. The van der Waals surface area contributed by atoms with Crippen molar-refractivity contribution in [3.8, 4) is 11.5 Å². The van der Waals surface area contributed by atoms with Gasteiger partial charge in [0.05, 0.1) is 55.9 Å². The number of carbonyl (C=O) groups is 6. The van der Waals surface area contributed by atoms with Gasteiger partial charge in [-0.15, -0.1) is 0 Å². The molecule has 17 N–H and O–H groups in total. The molecule has 0 radical (unpaired) electrons. The number of aliphatic hydroxyl groups is 8. The van der Waals surface area contributed by atoms with Crippen molar-refractivity contribution in [2.24, 2.45) is 11.8 Å². The van der Waals surface area contributed by atoms with Gasteiger partial charge in [0, 0.05) is 44.3 Å². The fraction of sp³-hybridized carbons (Fsp3) is 0.692. The van der Waals surface area contributed by atoms with Crippen LogP contribution >= 0.6 is 11.2 Å². The molecular weight excluding hydrogens is 903 g/mol. The molecule has 66 heavy (non-hydrogen) atoms. The number of nitrogens with zero attached hydrogens (tertiary/aromatic N) is 2. The number of rotatable bonds is 13. The first-order valence-electron chi connectivity index (χ1n) is 21.2. The number of aromatic hydroxyl groups is 1. The maximum absolute atomic E-state index is 14.6. The SMILES string of the molecule is CC1C[C@@H](O)CNC(=O)[C@@H]2[C@@H](O)[C@@H](C)CN2C(=O)[C@H]([C@H](O)CCNC(CO)CO)NC(=O)[C@H]([C@H](O)Cc2ccc(O)c(OS(O)(O)O)c2)NC(=O)[C@@H]2C[C@@H](O)CN2C(=O)[C@H]([C@@H](C)O)NC1=O. The molecule has 1 aromatic carbocycles. The second-order valence-electron chi connectivity index (χ2n) is 17.0. The van der Waals surface area contributed by atoms with Gasteiger partial charge in [0.1, 0.15) is 30.2 Å². The summed E-state index contributed by atoms with van der Waals surface area (Å²) >= 11 is -4.69. The molecule has 3 fully saturated rings. The van der Waals surface area contributed by atoms with Crippen LogP contribution in [0.4, 0.5) is 0 Å². The number of amides is 6. The fourth-order valence-corrected chi connectivity index (χ4v) is 8.37. The van der Waals surface area contributed by atoms with Crippen molar-refractivity contribution in [3.63, 3.8) is 0 Å². The molecule has 0 aromatic heterocycles. The van der Waals surface area contributed by atoms with Crippen LogP contribution in [0.5, 0.6) is 11.5 Å². The molecule has 1 aromatic rings. The van der Waals surface area contributed by atoms with Crippen molar-refractivity contribution in [2.75, 3.05) is 39.4 Å². The van der Waals surface area contributed by atoms with Crippen LogP contribution < -0.4 is 30.8 Å². The van der Waals surface area contributed by atoms with Crippen LogP contribution in [-0.4, -0.2) is 217 Å². The molecule has 0 saturated carbocycles. The highest BCUT2D eigenvalue weighted by molar-refractivity contribution is 8.15. The van der Waals surface area contributed by atoms with Crippen LogP contribution in [0.1, 0.15) is 45.6 Å². The number of aliphatic hydroxyl groups excluding tert-OH is 8. The molecular formula is C39H63N7O19S. The van der Waals surface area contributed by atoms with Gasteiger partial charge < -0.3 is 86.5 Å². The zero-order valence-electron chi connectivity index (χ0n) is 36.4. The summed E-state index contributed by atoms with van der Waals surface area (Å²) in [5.41, 5.74) is -0.0266. The van der Waals surface area contributed by atoms with E-state index in [4.69, 9.17) is 0 Å². The molecule has 0 aliphatic carbocycles. The Kier molecular flexibility index (Phi) is 19.3. The molecule has 3 aliphatic heterocycles. The van der Waals surface area contributed by atoms with E-state index in [9.17, 15) is 88.4 Å². The highest BCUT2D eigenvalue weighted by atomic mass is 32.3. The molecule has 27 heteroatoms. The Labute approximate surface area is 380 Å². The first-order chi connectivity index (χ1) is 30.9. The highest BCUT2D eigenvalue weighted by Gasteiger charge is 2.49. The number of phenolic OH excluding ortho intramolecular Hbond substituents is 1. The first kappa shape index (κ1) is 54.1. The third kappa shape index (κ3) is 14.0. The van der Waals surface area contributed by atoms with Crippen molar-refractivity contribution >= 4 is 46.6 Å². The maximum atomic E-state index is 14.6. The van der Waals surface area contributed by atoms with Gasteiger partial charge in [0.15, 0.2) is 11.5 Å².